The molecule has 1 N–H and O–H groups in total. The topological polar surface area (TPSA) is 38.3 Å². The van der Waals surface area contributed by atoms with Crippen LogP contribution < -0.4 is 10.1 Å². The highest BCUT2D eigenvalue weighted by Gasteiger charge is 2.24. The van der Waals surface area contributed by atoms with Crippen LogP contribution in [0, 0.1) is 19.8 Å². The molecule has 0 heterocycles. The molecule has 1 atom stereocenters. The first-order chi connectivity index (χ1) is 8.42. The predicted molar refractivity (Wildman–Crippen MR) is 74.5 cm³/mol. The third-order valence-corrected chi connectivity index (χ3v) is 3.34. The number of hydrogen-bond acceptors (Lipinski definition) is 3. The largest absolute Gasteiger partial charge is 0.496 e. The molecule has 0 aromatic heterocycles. The molecular formula is C15H23NO2. The van der Waals surface area contributed by atoms with E-state index in [1.54, 1.807) is 7.11 Å². The van der Waals surface area contributed by atoms with Crippen LogP contribution in [0.4, 0.5) is 0 Å². The molecule has 1 aromatic carbocycles. The second kappa shape index (κ2) is 6.01. The average Bonchev–Trinajstić information content (AvgIpc) is 2.32. The van der Waals surface area contributed by atoms with Crippen molar-refractivity contribution < 1.29 is 9.53 Å². The molecule has 0 aliphatic heterocycles. The molecule has 1 aromatic rings. The minimum atomic E-state index is -0.180. The third-order valence-electron chi connectivity index (χ3n) is 3.34. The van der Waals surface area contributed by atoms with Gasteiger partial charge in [0.2, 0.25) is 0 Å². The van der Waals surface area contributed by atoms with E-state index in [-0.39, 0.29) is 17.7 Å². The summed E-state index contributed by atoms with van der Waals surface area (Å²) in [5, 5.41) is 3.08. The van der Waals surface area contributed by atoms with Crippen LogP contribution in [0.15, 0.2) is 12.1 Å². The summed E-state index contributed by atoms with van der Waals surface area (Å²) < 4.78 is 5.33. The fraction of sp³-hybridized carbons (Fsp3) is 0.533. The zero-order valence-electron chi connectivity index (χ0n) is 12.1. The zero-order valence-corrected chi connectivity index (χ0v) is 12.1. The zero-order chi connectivity index (χ0) is 13.9. The summed E-state index contributed by atoms with van der Waals surface area (Å²) in [7, 11) is 3.42. The lowest BCUT2D eigenvalue weighted by atomic mass is 9.92. The Kier molecular flexibility index (Phi) is 4.91. The van der Waals surface area contributed by atoms with E-state index in [0.29, 0.717) is 11.3 Å². The quantitative estimate of drug-likeness (QED) is 0.815. The van der Waals surface area contributed by atoms with Crippen LogP contribution in [0.5, 0.6) is 5.75 Å². The Morgan fingerprint density at radius 1 is 1.22 bits per heavy atom. The van der Waals surface area contributed by atoms with Gasteiger partial charge in [-0.3, -0.25) is 4.79 Å². The molecule has 0 radical (unpaired) electrons. The molecular weight excluding hydrogens is 226 g/mol. The number of nitrogens with one attached hydrogen (secondary N) is 1. The average molecular weight is 249 g/mol. The fourth-order valence-corrected chi connectivity index (χ4v) is 2.09. The van der Waals surface area contributed by atoms with Crippen molar-refractivity contribution >= 4 is 5.78 Å². The van der Waals surface area contributed by atoms with Crippen molar-refractivity contribution in [2.45, 2.75) is 33.7 Å². The summed E-state index contributed by atoms with van der Waals surface area (Å²) in [4.78, 5) is 12.5. The Balaban J connectivity index is 3.23. The van der Waals surface area contributed by atoms with Crippen LogP contribution in [-0.4, -0.2) is 26.0 Å². The number of likely N-dealkylation sites (N-methyl/N-ethyl adjacent to an activating group) is 1. The Morgan fingerprint density at radius 3 is 2.22 bits per heavy atom. The normalized spacial score (nSPS) is 12.6. The Morgan fingerprint density at radius 2 is 1.78 bits per heavy atom. The fourth-order valence-electron chi connectivity index (χ4n) is 2.09. The number of aryl methyl sites for hydroxylation is 2. The van der Waals surface area contributed by atoms with E-state index >= 15 is 0 Å². The van der Waals surface area contributed by atoms with Crippen molar-refractivity contribution in [3.05, 3.63) is 28.8 Å². The van der Waals surface area contributed by atoms with Crippen molar-refractivity contribution in [1.82, 2.24) is 5.32 Å². The van der Waals surface area contributed by atoms with Crippen molar-refractivity contribution in [3.8, 4) is 5.75 Å². The maximum atomic E-state index is 12.5. The van der Waals surface area contributed by atoms with E-state index in [1.165, 1.54) is 0 Å². The molecule has 1 unspecified atom stereocenters. The van der Waals surface area contributed by atoms with Crippen molar-refractivity contribution in [2.24, 2.45) is 5.92 Å². The summed E-state index contributed by atoms with van der Waals surface area (Å²) in [6.45, 7) is 8.10. The maximum Gasteiger partial charge on any atom is 0.183 e. The van der Waals surface area contributed by atoms with Gasteiger partial charge in [-0.1, -0.05) is 13.8 Å². The number of ether oxygens (including phenoxy) is 1. The molecule has 0 aliphatic carbocycles. The van der Waals surface area contributed by atoms with Gasteiger partial charge in [-0.25, -0.2) is 0 Å². The molecule has 0 amide bonds. The van der Waals surface area contributed by atoms with E-state index < -0.39 is 0 Å². The Hall–Kier alpha value is -1.35. The first-order valence-electron chi connectivity index (χ1n) is 6.29. The number of Topliss-reactive ketones (excluding diaryl/α,β-unsaturated/α-hetero) is 1. The lowest BCUT2D eigenvalue weighted by molar-refractivity contribution is 0.0919. The number of ketones is 1. The Bertz CT molecular complexity index is 438. The van der Waals surface area contributed by atoms with Gasteiger partial charge in [-0.2, -0.15) is 0 Å². The minimum absolute atomic E-state index is 0.0902. The van der Waals surface area contributed by atoms with Crippen molar-refractivity contribution in [3.63, 3.8) is 0 Å². The summed E-state index contributed by atoms with van der Waals surface area (Å²) in [5.41, 5.74) is 2.90. The van der Waals surface area contributed by atoms with Crippen LogP contribution in [-0.2, 0) is 0 Å². The van der Waals surface area contributed by atoms with Gasteiger partial charge in [-0.05, 0) is 50.1 Å². The highest BCUT2D eigenvalue weighted by atomic mass is 16.5. The number of methoxy groups -OCH3 is 1. The van der Waals surface area contributed by atoms with Gasteiger partial charge in [0.15, 0.2) is 5.78 Å². The number of carbonyl (C=O) groups excluding carboxylic acids is 1. The van der Waals surface area contributed by atoms with E-state index in [0.717, 1.165) is 11.1 Å². The predicted octanol–water partition coefficient (Wildman–Crippen LogP) is 2.74. The van der Waals surface area contributed by atoms with Gasteiger partial charge in [-0.15, -0.1) is 0 Å². The van der Waals surface area contributed by atoms with Gasteiger partial charge >= 0.3 is 0 Å². The van der Waals surface area contributed by atoms with Crippen LogP contribution in [0.2, 0.25) is 0 Å². The monoisotopic (exact) mass is 249 g/mol. The molecule has 0 fully saturated rings. The molecule has 0 aliphatic rings. The number of benzene rings is 1. The van der Waals surface area contributed by atoms with Gasteiger partial charge in [0.05, 0.1) is 18.7 Å². The summed E-state index contributed by atoms with van der Waals surface area (Å²) in [6.07, 6.45) is 0. The number of rotatable bonds is 5. The van der Waals surface area contributed by atoms with E-state index in [2.05, 4.69) is 5.32 Å². The lowest BCUT2D eigenvalue weighted by Gasteiger charge is -2.20. The van der Waals surface area contributed by atoms with Gasteiger partial charge in [0.25, 0.3) is 0 Å². The second-order valence-corrected chi connectivity index (χ2v) is 5.01. The molecule has 0 saturated heterocycles. The molecule has 1 rings (SSSR count). The first-order valence-corrected chi connectivity index (χ1v) is 6.29. The van der Waals surface area contributed by atoms with Crippen LogP contribution in [0.25, 0.3) is 0 Å². The molecule has 18 heavy (non-hydrogen) atoms. The van der Waals surface area contributed by atoms with Crippen LogP contribution in [0.1, 0.15) is 35.3 Å². The van der Waals surface area contributed by atoms with E-state index in [1.807, 2.05) is 46.9 Å². The number of hydrogen-bond donors (Lipinski definition) is 1. The van der Waals surface area contributed by atoms with Crippen molar-refractivity contribution in [2.75, 3.05) is 14.2 Å². The molecule has 0 saturated carbocycles. The summed E-state index contributed by atoms with van der Waals surface area (Å²) in [6, 6.07) is 3.67. The van der Waals surface area contributed by atoms with Crippen LogP contribution in [0.3, 0.4) is 0 Å². The summed E-state index contributed by atoms with van der Waals surface area (Å²) in [5.74, 6) is 0.991. The highest BCUT2D eigenvalue weighted by molar-refractivity contribution is 6.02. The van der Waals surface area contributed by atoms with Crippen molar-refractivity contribution in [1.29, 1.82) is 0 Å². The summed E-state index contributed by atoms with van der Waals surface area (Å²) >= 11 is 0. The lowest BCUT2D eigenvalue weighted by Crippen LogP contribution is -2.38. The first kappa shape index (κ1) is 14.7. The second-order valence-electron chi connectivity index (χ2n) is 5.01. The maximum absolute atomic E-state index is 12.5. The van der Waals surface area contributed by atoms with Gasteiger partial charge < -0.3 is 10.1 Å². The SMILES string of the molecule is CNC(C(=O)c1cc(C)c(C)cc1OC)C(C)C. The minimum Gasteiger partial charge on any atom is -0.496 e. The molecule has 0 bridgehead atoms. The molecule has 0 spiro atoms. The smallest absolute Gasteiger partial charge is 0.183 e. The highest BCUT2D eigenvalue weighted by Crippen LogP contribution is 2.25. The van der Waals surface area contributed by atoms with E-state index in [4.69, 9.17) is 4.74 Å². The van der Waals surface area contributed by atoms with Gasteiger partial charge in [0.1, 0.15) is 5.75 Å². The standard InChI is InChI=1S/C15H23NO2/c1-9(2)14(16-5)15(17)12-7-10(3)11(4)8-13(12)18-6/h7-9,14,16H,1-6H3. The van der Waals surface area contributed by atoms with Crippen LogP contribution >= 0.6 is 0 Å². The third kappa shape index (κ3) is 2.91. The molecule has 3 nitrogen and oxygen atoms in total. The molecule has 100 valence electrons. The Labute approximate surface area is 110 Å². The number of carbonyl (C=O) groups is 1. The van der Waals surface area contributed by atoms with E-state index in [9.17, 15) is 4.79 Å². The van der Waals surface area contributed by atoms with Gasteiger partial charge in [0, 0.05) is 0 Å². The molecule has 3 heteroatoms.